The molecule has 0 aromatic rings. The summed E-state index contributed by atoms with van der Waals surface area (Å²) in [5.74, 6) is 0.761. The lowest BCUT2D eigenvalue weighted by Gasteiger charge is -2.19. The van der Waals surface area contributed by atoms with Gasteiger partial charge in [-0.15, -0.1) is 0 Å². The van der Waals surface area contributed by atoms with Crippen molar-refractivity contribution >= 4 is 0 Å². The molecule has 1 aliphatic heterocycles. The summed E-state index contributed by atoms with van der Waals surface area (Å²) in [7, 11) is 0. The van der Waals surface area contributed by atoms with E-state index in [0.717, 1.165) is 12.5 Å². The fourth-order valence-corrected chi connectivity index (χ4v) is 1.68. The highest BCUT2D eigenvalue weighted by Gasteiger charge is 2.25. The molecule has 0 spiro atoms. The third-order valence-electron chi connectivity index (χ3n) is 2.66. The molecule has 0 aromatic heterocycles. The number of hydrogen-bond acceptors (Lipinski definition) is 1. The van der Waals surface area contributed by atoms with Gasteiger partial charge in [0.2, 0.25) is 0 Å². The quantitative estimate of drug-likeness (QED) is 0.550. The van der Waals surface area contributed by atoms with Crippen molar-refractivity contribution in [3.8, 4) is 0 Å². The Labute approximate surface area is 70.1 Å². The van der Waals surface area contributed by atoms with Crippen molar-refractivity contribution in [2.45, 2.75) is 33.2 Å². The summed E-state index contributed by atoms with van der Waals surface area (Å²) >= 11 is 0. The zero-order valence-electron chi connectivity index (χ0n) is 7.93. The van der Waals surface area contributed by atoms with E-state index in [1.807, 2.05) is 0 Å². The van der Waals surface area contributed by atoms with Gasteiger partial charge in [-0.05, 0) is 26.2 Å². The molecule has 1 nitrogen and oxygen atoms in total. The van der Waals surface area contributed by atoms with Gasteiger partial charge >= 0.3 is 0 Å². The molecule has 0 radical (unpaired) electrons. The lowest BCUT2D eigenvalue weighted by atomic mass is 10.0. The lowest BCUT2D eigenvalue weighted by molar-refractivity contribution is 0.265. The minimum atomic E-state index is 0.684. The first-order valence-corrected chi connectivity index (χ1v) is 4.56. The maximum absolute atomic E-state index is 4.10. The van der Waals surface area contributed by atoms with Gasteiger partial charge < -0.3 is 0 Å². The molecule has 64 valence electrons. The average Bonchev–Trinajstić information content (AvgIpc) is 2.31. The maximum atomic E-state index is 4.10. The van der Waals surface area contributed by atoms with Crippen LogP contribution in [0.3, 0.4) is 0 Å². The number of rotatable bonds is 2. The molecule has 0 saturated carbocycles. The van der Waals surface area contributed by atoms with E-state index >= 15 is 0 Å². The minimum Gasteiger partial charge on any atom is -0.296 e. The second kappa shape index (κ2) is 3.40. The minimum absolute atomic E-state index is 0.684. The second-order valence-electron chi connectivity index (χ2n) is 3.79. The van der Waals surface area contributed by atoms with Crippen molar-refractivity contribution in [1.82, 2.24) is 4.90 Å². The molecule has 1 fully saturated rings. The van der Waals surface area contributed by atoms with Crippen LogP contribution < -0.4 is 0 Å². The van der Waals surface area contributed by atoms with Gasteiger partial charge in [-0.3, -0.25) is 4.90 Å². The summed E-state index contributed by atoms with van der Waals surface area (Å²) in [4.78, 5) is 2.50. The fraction of sp³-hybridized carbons (Fsp3) is 0.800. The Kier molecular flexibility index (Phi) is 2.72. The van der Waals surface area contributed by atoms with E-state index in [1.54, 1.807) is 0 Å². The first kappa shape index (κ1) is 8.79. The Balaban J connectivity index is 2.49. The van der Waals surface area contributed by atoms with Crippen LogP contribution >= 0.6 is 0 Å². The van der Waals surface area contributed by atoms with Gasteiger partial charge in [0.25, 0.3) is 0 Å². The summed E-state index contributed by atoms with van der Waals surface area (Å²) in [6.45, 7) is 13.2. The van der Waals surface area contributed by atoms with Crippen LogP contribution in [-0.2, 0) is 0 Å². The van der Waals surface area contributed by atoms with Crippen LogP contribution in [0.15, 0.2) is 12.2 Å². The summed E-state index contributed by atoms with van der Waals surface area (Å²) in [5.41, 5.74) is 1.43. The zero-order chi connectivity index (χ0) is 8.43. The smallest absolute Gasteiger partial charge is 0.0196 e. The topological polar surface area (TPSA) is 3.24 Å². The van der Waals surface area contributed by atoms with E-state index in [9.17, 15) is 0 Å². The van der Waals surface area contributed by atoms with Crippen molar-refractivity contribution < 1.29 is 0 Å². The third-order valence-corrected chi connectivity index (χ3v) is 2.66. The number of nitrogens with zero attached hydrogens (tertiary/aromatic N) is 1. The molecule has 1 saturated heterocycles. The molecular formula is C10H19N. The van der Waals surface area contributed by atoms with Crippen LogP contribution in [0.1, 0.15) is 27.2 Å². The Hall–Kier alpha value is -0.300. The normalized spacial score (nSPS) is 26.9. The molecule has 1 unspecified atom stereocenters. The highest BCUT2D eigenvalue weighted by molar-refractivity contribution is 5.09. The lowest BCUT2D eigenvalue weighted by Crippen LogP contribution is -2.28. The molecule has 11 heavy (non-hydrogen) atoms. The van der Waals surface area contributed by atoms with Gasteiger partial charge in [0.15, 0.2) is 0 Å². The first-order chi connectivity index (χ1) is 5.15. The summed E-state index contributed by atoms with van der Waals surface area (Å²) in [6.07, 6.45) is 1.25. The molecule has 0 bridgehead atoms. The summed E-state index contributed by atoms with van der Waals surface area (Å²) in [6, 6.07) is 0.684. The number of likely N-dealkylation sites (tertiary alicyclic amines) is 1. The Morgan fingerprint density at radius 1 is 1.64 bits per heavy atom. The van der Waals surface area contributed by atoms with E-state index in [2.05, 4.69) is 32.3 Å². The Bertz CT molecular complexity index is 149. The highest BCUT2D eigenvalue weighted by atomic mass is 15.2. The SMILES string of the molecule is C=C1CN(C(C)C)CC1CC. The average molecular weight is 153 g/mol. The van der Waals surface area contributed by atoms with Gasteiger partial charge in [0.05, 0.1) is 0 Å². The third kappa shape index (κ3) is 1.84. The van der Waals surface area contributed by atoms with E-state index in [1.165, 1.54) is 18.5 Å². The summed E-state index contributed by atoms with van der Waals surface area (Å²) < 4.78 is 0. The molecule has 0 N–H and O–H groups in total. The summed E-state index contributed by atoms with van der Waals surface area (Å²) in [5, 5.41) is 0. The van der Waals surface area contributed by atoms with Crippen LogP contribution in [0, 0.1) is 5.92 Å². The van der Waals surface area contributed by atoms with Crippen molar-refractivity contribution in [3.63, 3.8) is 0 Å². The van der Waals surface area contributed by atoms with Crippen LogP contribution in [0.2, 0.25) is 0 Å². The van der Waals surface area contributed by atoms with Crippen LogP contribution in [0.4, 0.5) is 0 Å². The molecule has 1 rings (SSSR count). The molecule has 0 amide bonds. The molecule has 1 heteroatoms. The number of hydrogen-bond donors (Lipinski definition) is 0. The maximum Gasteiger partial charge on any atom is 0.0196 e. The van der Waals surface area contributed by atoms with Crippen molar-refractivity contribution in [2.75, 3.05) is 13.1 Å². The Morgan fingerprint density at radius 3 is 2.55 bits per heavy atom. The fourth-order valence-electron chi connectivity index (χ4n) is 1.68. The van der Waals surface area contributed by atoms with Crippen LogP contribution in [0.25, 0.3) is 0 Å². The van der Waals surface area contributed by atoms with E-state index < -0.39 is 0 Å². The first-order valence-electron chi connectivity index (χ1n) is 4.56. The largest absolute Gasteiger partial charge is 0.296 e. The molecule has 1 aliphatic rings. The van der Waals surface area contributed by atoms with Gasteiger partial charge in [-0.2, -0.15) is 0 Å². The zero-order valence-corrected chi connectivity index (χ0v) is 7.93. The van der Waals surface area contributed by atoms with E-state index in [-0.39, 0.29) is 0 Å². The van der Waals surface area contributed by atoms with Crippen molar-refractivity contribution in [2.24, 2.45) is 5.92 Å². The molecule has 1 atom stereocenters. The standard InChI is InChI=1S/C10H19N/c1-5-10-7-11(8(2)3)6-9(10)4/h8,10H,4-7H2,1-3H3. The van der Waals surface area contributed by atoms with Crippen molar-refractivity contribution in [3.05, 3.63) is 12.2 Å². The molecule has 1 heterocycles. The van der Waals surface area contributed by atoms with Gasteiger partial charge in [-0.1, -0.05) is 19.1 Å². The predicted octanol–water partition coefficient (Wildman–Crippen LogP) is 2.29. The second-order valence-corrected chi connectivity index (χ2v) is 3.79. The monoisotopic (exact) mass is 153 g/mol. The van der Waals surface area contributed by atoms with Gasteiger partial charge in [0, 0.05) is 19.1 Å². The van der Waals surface area contributed by atoms with E-state index in [0.29, 0.717) is 6.04 Å². The van der Waals surface area contributed by atoms with Gasteiger partial charge in [0.1, 0.15) is 0 Å². The highest BCUT2D eigenvalue weighted by Crippen LogP contribution is 2.24. The van der Waals surface area contributed by atoms with Crippen LogP contribution in [-0.4, -0.2) is 24.0 Å². The molecule has 0 aromatic carbocycles. The molecule has 0 aliphatic carbocycles. The Morgan fingerprint density at radius 2 is 2.27 bits per heavy atom. The van der Waals surface area contributed by atoms with Crippen molar-refractivity contribution in [1.29, 1.82) is 0 Å². The predicted molar refractivity (Wildman–Crippen MR) is 49.6 cm³/mol. The molecular weight excluding hydrogens is 134 g/mol. The van der Waals surface area contributed by atoms with E-state index in [4.69, 9.17) is 0 Å². The van der Waals surface area contributed by atoms with Gasteiger partial charge in [-0.25, -0.2) is 0 Å². The van der Waals surface area contributed by atoms with Crippen LogP contribution in [0.5, 0.6) is 0 Å².